The van der Waals surface area contributed by atoms with E-state index in [0.717, 1.165) is 31.4 Å². The molecule has 18 heavy (non-hydrogen) atoms. The number of nitrogens with zero attached hydrogens (tertiary/aromatic N) is 3. The summed E-state index contributed by atoms with van der Waals surface area (Å²) in [5.41, 5.74) is 1.20. The van der Waals surface area contributed by atoms with Crippen LogP contribution in [0.25, 0.3) is 11.1 Å². The molecule has 2 aromatic rings. The topological polar surface area (TPSA) is 39.9 Å². The summed E-state index contributed by atoms with van der Waals surface area (Å²) in [4.78, 5) is 3.64. The van der Waals surface area contributed by atoms with Crippen molar-refractivity contribution in [2.45, 2.75) is 25.5 Å². The van der Waals surface area contributed by atoms with Crippen LogP contribution in [0.5, 0.6) is 0 Å². The van der Waals surface area contributed by atoms with Crippen molar-refractivity contribution in [3.05, 3.63) is 36.7 Å². The molecule has 0 saturated carbocycles. The fourth-order valence-corrected chi connectivity index (χ4v) is 2.17. The van der Waals surface area contributed by atoms with Gasteiger partial charge in [-0.3, -0.25) is 0 Å². The van der Waals surface area contributed by atoms with Crippen molar-refractivity contribution in [3.63, 3.8) is 0 Å². The molecule has 1 aliphatic heterocycles. The van der Waals surface area contributed by atoms with Crippen molar-refractivity contribution >= 4 is 0 Å². The zero-order valence-corrected chi connectivity index (χ0v) is 9.92. The lowest BCUT2D eigenvalue weighted by atomic mass is 10.1. The Morgan fingerprint density at radius 2 is 2.33 bits per heavy atom. The molecule has 0 N–H and O–H groups in total. The minimum Gasteiger partial charge on any atom is -0.357 e. The summed E-state index contributed by atoms with van der Waals surface area (Å²) in [6.45, 7) is 0.765. The second-order valence-electron chi connectivity index (χ2n) is 4.37. The van der Waals surface area contributed by atoms with Gasteiger partial charge >= 0.3 is 0 Å². The van der Waals surface area contributed by atoms with E-state index >= 15 is 0 Å². The predicted molar refractivity (Wildman–Crippen MR) is 64.3 cm³/mol. The zero-order valence-electron chi connectivity index (χ0n) is 9.92. The smallest absolute Gasteiger partial charge is 0.220 e. The number of aromatic nitrogens is 3. The fraction of sp³-hybridized carbons (Fsp3) is 0.385. The molecule has 0 aliphatic carbocycles. The van der Waals surface area contributed by atoms with Crippen LogP contribution in [0.3, 0.4) is 0 Å². The van der Waals surface area contributed by atoms with Gasteiger partial charge < -0.3 is 4.74 Å². The van der Waals surface area contributed by atoms with Crippen molar-refractivity contribution in [3.8, 4) is 11.1 Å². The molecule has 2 aromatic heterocycles. The van der Waals surface area contributed by atoms with Crippen LogP contribution in [-0.2, 0) is 4.74 Å². The zero-order chi connectivity index (χ0) is 12.4. The molecule has 1 fully saturated rings. The average Bonchev–Trinajstić information content (AvgIpc) is 2.90. The Morgan fingerprint density at radius 1 is 1.39 bits per heavy atom. The van der Waals surface area contributed by atoms with E-state index in [1.807, 2.05) is 6.20 Å². The Labute approximate surface area is 104 Å². The Bertz CT molecular complexity index is 535. The molecule has 3 heterocycles. The third-order valence-corrected chi connectivity index (χ3v) is 3.12. The average molecular weight is 247 g/mol. The quantitative estimate of drug-likeness (QED) is 0.766. The Morgan fingerprint density at radius 3 is 3.11 bits per heavy atom. The third kappa shape index (κ3) is 2.13. The van der Waals surface area contributed by atoms with Gasteiger partial charge in [0, 0.05) is 30.1 Å². The highest BCUT2D eigenvalue weighted by Crippen LogP contribution is 2.25. The SMILES string of the molecule is Fc1ncccc1-c1cnn(C2CCCCO2)c1. The molecule has 1 unspecified atom stereocenters. The molecule has 0 radical (unpaired) electrons. The molecule has 94 valence electrons. The summed E-state index contributed by atoms with van der Waals surface area (Å²) in [7, 11) is 0. The first-order valence-electron chi connectivity index (χ1n) is 6.11. The summed E-state index contributed by atoms with van der Waals surface area (Å²) < 4.78 is 20.9. The van der Waals surface area contributed by atoms with E-state index in [2.05, 4.69) is 10.1 Å². The maximum atomic E-state index is 13.5. The number of ether oxygens (including phenoxy) is 1. The van der Waals surface area contributed by atoms with Gasteiger partial charge in [0.2, 0.25) is 5.95 Å². The van der Waals surface area contributed by atoms with Gasteiger partial charge in [-0.25, -0.2) is 9.67 Å². The van der Waals surface area contributed by atoms with E-state index in [1.54, 1.807) is 23.0 Å². The van der Waals surface area contributed by atoms with Gasteiger partial charge in [-0.1, -0.05) is 0 Å². The van der Waals surface area contributed by atoms with Crippen LogP contribution in [-0.4, -0.2) is 21.4 Å². The molecule has 1 atom stereocenters. The van der Waals surface area contributed by atoms with Crippen LogP contribution in [0, 0.1) is 5.95 Å². The highest BCUT2D eigenvalue weighted by atomic mass is 19.1. The Balaban J connectivity index is 1.87. The lowest BCUT2D eigenvalue weighted by Gasteiger charge is -2.22. The second kappa shape index (κ2) is 4.86. The van der Waals surface area contributed by atoms with Crippen molar-refractivity contribution in [1.29, 1.82) is 0 Å². The van der Waals surface area contributed by atoms with E-state index in [4.69, 9.17) is 4.74 Å². The van der Waals surface area contributed by atoms with Crippen LogP contribution < -0.4 is 0 Å². The van der Waals surface area contributed by atoms with Gasteiger partial charge in [0.1, 0.15) is 6.23 Å². The van der Waals surface area contributed by atoms with Crippen LogP contribution in [0.4, 0.5) is 4.39 Å². The molecule has 0 aromatic carbocycles. The van der Waals surface area contributed by atoms with Crippen LogP contribution in [0.1, 0.15) is 25.5 Å². The number of hydrogen-bond donors (Lipinski definition) is 0. The molecule has 1 saturated heterocycles. The van der Waals surface area contributed by atoms with E-state index in [-0.39, 0.29) is 6.23 Å². The maximum Gasteiger partial charge on any atom is 0.220 e. The van der Waals surface area contributed by atoms with Crippen LogP contribution >= 0.6 is 0 Å². The van der Waals surface area contributed by atoms with Gasteiger partial charge in [0.15, 0.2) is 0 Å². The van der Waals surface area contributed by atoms with E-state index in [9.17, 15) is 4.39 Å². The number of hydrogen-bond acceptors (Lipinski definition) is 3. The van der Waals surface area contributed by atoms with Crippen molar-refractivity contribution < 1.29 is 9.13 Å². The fourth-order valence-electron chi connectivity index (χ4n) is 2.17. The molecular formula is C13H14FN3O. The third-order valence-electron chi connectivity index (χ3n) is 3.12. The standard InChI is InChI=1S/C13H14FN3O/c14-13-11(4-3-6-15-13)10-8-16-17(9-10)12-5-1-2-7-18-12/h3-4,6,8-9,12H,1-2,5,7H2. The molecule has 3 rings (SSSR count). The Hall–Kier alpha value is -1.75. The van der Waals surface area contributed by atoms with Crippen molar-refractivity contribution in [1.82, 2.24) is 14.8 Å². The molecule has 1 aliphatic rings. The van der Waals surface area contributed by atoms with Gasteiger partial charge in [0.25, 0.3) is 0 Å². The van der Waals surface area contributed by atoms with Gasteiger partial charge in [-0.05, 0) is 31.4 Å². The molecular weight excluding hydrogens is 233 g/mol. The second-order valence-corrected chi connectivity index (χ2v) is 4.37. The minimum atomic E-state index is -0.471. The lowest BCUT2D eigenvalue weighted by Crippen LogP contribution is -2.18. The van der Waals surface area contributed by atoms with Crippen molar-refractivity contribution in [2.75, 3.05) is 6.61 Å². The first-order chi connectivity index (χ1) is 8.84. The first-order valence-corrected chi connectivity index (χ1v) is 6.11. The molecule has 4 nitrogen and oxygen atoms in total. The number of rotatable bonds is 2. The van der Waals surface area contributed by atoms with E-state index < -0.39 is 5.95 Å². The highest BCUT2D eigenvalue weighted by Gasteiger charge is 2.17. The lowest BCUT2D eigenvalue weighted by molar-refractivity contribution is -0.0394. The summed E-state index contributed by atoms with van der Waals surface area (Å²) in [6, 6.07) is 3.41. The van der Waals surface area contributed by atoms with Crippen LogP contribution in [0.2, 0.25) is 0 Å². The molecule has 0 amide bonds. The summed E-state index contributed by atoms with van der Waals surface area (Å²) in [5, 5.41) is 4.25. The molecule has 5 heteroatoms. The summed E-state index contributed by atoms with van der Waals surface area (Å²) >= 11 is 0. The Kier molecular flexibility index (Phi) is 3.06. The summed E-state index contributed by atoms with van der Waals surface area (Å²) in [6.07, 6.45) is 8.08. The highest BCUT2D eigenvalue weighted by molar-refractivity contribution is 5.60. The van der Waals surface area contributed by atoms with Gasteiger partial charge in [-0.2, -0.15) is 9.49 Å². The van der Waals surface area contributed by atoms with Crippen LogP contribution in [0.15, 0.2) is 30.7 Å². The van der Waals surface area contributed by atoms with Gasteiger partial charge in [0.05, 0.1) is 6.20 Å². The summed E-state index contributed by atoms with van der Waals surface area (Å²) in [5.74, 6) is -0.471. The van der Waals surface area contributed by atoms with E-state index in [0.29, 0.717) is 5.56 Å². The van der Waals surface area contributed by atoms with Crippen molar-refractivity contribution in [2.24, 2.45) is 0 Å². The number of halogens is 1. The molecule has 0 spiro atoms. The van der Waals surface area contributed by atoms with E-state index in [1.165, 1.54) is 6.20 Å². The van der Waals surface area contributed by atoms with Gasteiger partial charge in [-0.15, -0.1) is 0 Å². The largest absolute Gasteiger partial charge is 0.357 e. The monoisotopic (exact) mass is 247 g/mol. The maximum absolute atomic E-state index is 13.5. The normalized spacial score (nSPS) is 19.9. The first kappa shape index (κ1) is 11.3. The number of pyridine rings is 1. The predicted octanol–water partition coefficient (Wildman–Crippen LogP) is 2.78. The minimum absolute atomic E-state index is 0.0211. The molecule has 0 bridgehead atoms.